The van der Waals surface area contributed by atoms with Crippen LogP contribution in [-0.4, -0.2) is 21.7 Å². The first-order valence-electron chi connectivity index (χ1n) is 10.4. The van der Waals surface area contributed by atoms with Gasteiger partial charge in [-0.15, -0.1) is 0 Å². The predicted octanol–water partition coefficient (Wildman–Crippen LogP) is 5.34. The Morgan fingerprint density at radius 2 is 1.83 bits per heavy atom. The van der Waals surface area contributed by atoms with Crippen LogP contribution in [0.15, 0.2) is 48.5 Å². The fourth-order valence-electron chi connectivity index (χ4n) is 4.51. The van der Waals surface area contributed by atoms with Crippen LogP contribution in [0.25, 0.3) is 10.9 Å². The van der Waals surface area contributed by atoms with Crippen molar-refractivity contribution in [3.05, 3.63) is 71.2 Å². The first kappa shape index (κ1) is 19.6. The van der Waals surface area contributed by atoms with Gasteiger partial charge in [-0.2, -0.15) is 0 Å². The number of aromatic nitrogens is 1. The zero-order valence-electron chi connectivity index (χ0n) is 16.5. The van der Waals surface area contributed by atoms with Crippen molar-refractivity contribution in [1.29, 1.82) is 0 Å². The van der Waals surface area contributed by atoms with Crippen LogP contribution in [0.5, 0.6) is 0 Å². The maximum Gasteiger partial charge on any atom is 0.352 e. The van der Waals surface area contributed by atoms with E-state index in [0.717, 1.165) is 34.9 Å². The van der Waals surface area contributed by atoms with Crippen LogP contribution in [0.4, 0.5) is 4.39 Å². The third kappa shape index (κ3) is 4.35. The molecule has 5 heteroatoms. The summed E-state index contributed by atoms with van der Waals surface area (Å²) in [5, 5.41) is 14.6. The largest absolute Gasteiger partial charge is 0.477 e. The van der Waals surface area contributed by atoms with E-state index in [9.17, 15) is 14.3 Å². The number of hydrogen-bond acceptors (Lipinski definition) is 2. The number of hydrogen-bond donors (Lipinski definition) is 2. The molecule has 0 radical (unpaired) electrons. The Balaban J connectivity index is 1.71. The zero-order valence-corrected chi connectivity index (χ0v) is 16.5. The van der Waals surface area contributed by atoms with Gasteiger partial charge >= 0.3 is 5.97 Å². The molecule has 0 saturated heterocycles. The first-order chi connectivity index (χ1) is 14.1. The predicted molar refractivity (Wildman–Crippen MR) is 113 cm³/mol. The van der Waals surface area contributed by atoms with Crippen molar-refractivity contribution in [1.82, 2.24) is 9.88 Å². The number of carboxylic acids is 1. The van der Waals surface area contributed by atoms with Crippen molar-refractivity contribution in [3.63, 3.8) is 0 Å². The van der Waals surface area contributed by atoms with Gasteiger partial charge in [-0.25, -0.2) is 9.18 Å². The molecule has 0 spiro atoms. The van der Waals surface area contributed by atoms with Crippen molar-refractivity contribution in [3.8, 4) is 0 Å². The Bertz CT molecular complexity index is 1000. The van der Waals surface area contributed by atoms with Gasteiger partial charge in [0.1, 0.15) is 11.5 Å². The summed E-state index contributed by atoms with van der Waals surface area (Å²) < 4.78 is 15.5. The molecule has 0 atom stereocenters. The number of fused-ring (bicyclic) bond motifs is 1. The van der Waals surface area contributed by atoms with Crippen molar-refractivity contribution in [2.75, 3.05) is 0 Å². The van der Waals surface area contributed by atoms with E-state index in [0.29, 0.717) is 19.1 Å². The molecule has 1 saturated carbocycles. The minimum absolute atomic E-state index is 0.289. The van der Waals surface area contributed by atoms with Crippen LogP contribution < -0.4 is 5.32 Å². The fourth-order valence-corrected chi connectivity index (χ4v) is 4.51. The minimum Gasteiger partial charge on any atom is -0.477 e. The molecule has 29 heavy (non-hydrogen) atoms. The number of carboxylic acid groups (broad SMARTS) is 1. The molecule has 1 heterocycles. The highest BCUT2D eigenvalue weighted by atomic mass is 19.1. The van der Waals surface area contributed by atoms with Gasteiger partial charge in [0.2, 0.25) is 0 Å². The molecule has 0 amide bonds. The first-order valence-corrected chi connectivity index (χ1v) is 10.4. The van der Waals surface area contributed by atoms with Crippen LogP contribution in [0.3, 0.4) is 0 Å². The van der Waals surface area contributed by atoms with Gasteiger partial charge in [0.25, 0.3) is 0 Å². The molecular formula is C24H27FN2O2. The number of nitrogens with zero attached hydrogens (tertiary/aromatic N) is 1. The van der Waals surface area contributed by atoms with Gasteiger partial charge in [0, 0.05) is 35.6 Å². The summed E-state index contributed by atoms with van der Waals surface area (Å²) in [6.07, 6.45) is 7.31. The van der Waals surface area contributed by atoms with E-state index in [2.05, 4.69) is 5.32 Å². The van der Waals surface area contributed by atoms with E-state index in [-0.39, 0.29) is 11.5 Å². The molecule has 4 nitrogen and oxygen atoms in total. The van der Waals surface area contributed by atoms with Crippen molar-refractivity contribution in [2.45, 2.75) is 57.7 Å². The summed E-state index contributed by atoms with van der Waals surface area (Å²) >= 11 is 0. The maximum absolute atomic E-state index is 13.7. The Labute approximate surface area is 170 Å². The highest BCUT2D eigenvalue weighted by molar-refractivity contribution is 5.98. The molecule has 3 aromatic rings. The number of para-hydroxylation sites is 1. The van der Waals surface area contributed by atoms with Gasteiger partial charge < -0.3 is 15.0 Å². The summed E-state index contributed by atoms with van der Waals surface area (Å²) in [6.45, 7) is 0.853. The lowest BCUT2D eigenvalue weighted by atomic mass is 10.1. The maximum atomic E-state index is 13.7. The van der Waals surface area contributed by atoms with Crippen LogP contribution in [0.1, 0.15) is 60.1 Å². The number of nitrogens with one attached hydrogen (secondary N) is 1. The summed E-state index contributed by atoms with van der Waals surface area (Å²) in [4.78, 5) is 12.3. The van der Waals surface area contributed by atoms with Crippen LogP contribution >= 0.6 is 0 Å². The molecule has 2 aromatic carbocycles. The monoisotopic (exact) mass is 394 g/mol. The summed E-state index contributed by atoms with van der Waals surface area (Å²) in [6, 6.07) is 14.6. The summed E-state index contributed by atoms with van der Waals surface area (Å²) in [5.74, 6) is -1.26. The Kier molecular flexibility index (Phi) is 5.95. The van der Waals surface area contributed by atoms with Gasteiger partial charge in [-0.1, -0.05) is 56.0 Å². The molecule has 1 aromatic heterocycles. The Morgan fingerprint density at radius 1 is 1.07 bits per heavy atom. The van der Waals surface area contributed by atoms with Crippen LogP contribution in [-0.2, 0) is 13.1 Å². The molecule has 2 N–H and O–H groups in total. The smallest absolute Gasteiger partial charge is 0.352 e. The SMILES string of the molecule is O=C(O)c1c(CNC2CCCCCC2)c2ccccc2n1Cc1cccc(F)c1. The summed E-state index contributed by atoms with van der Waals surface area (Å²) in [7, 11) is 0. The van der Waals surface area contributed by atoms with Crippen molar-refractivity contribution in [2.24, 2.45) is 0 Å². The average molecular weight is 394 g/mol. The molecule has 4 rings (SSSR count). The lowest BCUT2D eigenvalue weighted by Gasteiger charge is -2.16. The normalized spacial score (nSPS) is 15.5. The molecule has 1 aliphatic carbocycles. The van der Waals surface area contributed by atoms with Crippen LogP contribution in [0, 0.1) is 5.82 Å². The number of halogens is 1. The summed E-state index contributed by atoms with van der Waals surface area (Å²) in [5.41, 5.74) is 2.72. The Hall–Kier alpha value is -2.66. The quantitative estimate of drug-likeness (QED) is 0.555. The molecule has 0 bridgehead atoms. The molecule has 152 valence electrons. The van der Waals surface area contributed by atoms with Crippen molar-refractivity contribution < 1.29 is 14.3 Å². The van der Waals surface area contributed by atoms with Gasteiger partial charge in [-0.3, -0.25) is 0 Å². The minimum atomic E-state index is -0.949. The number of aromatic carboxylic acids is 1. The molecule has 1 aliphatic rings. The highest BCUT2D eigenvalue weighted by Crippen LogP contribution is 2.28. The molecule has 1 fully saturated rings. The standard InChI is InChI=1S/C24H27FN2O2/c25-18-9-7-8-17(14-18)16-27-22-13-6-5-12-20(22)21(23(27)24(28)29)15-26-19-10-3-1-2-4-11-19/h5-9,12-14,19,26H,1-4,10-11,15-16H2,(H,28,29). The van der Waals surface area contributed by atoms with Crippen LogP contribution in [0.2, 0.25) is 0 Å². The lowest BCUT2D eigenvalue weighted by molar-refractivity contribution is 0.0684. The van der Waals surface area contributed by atoms with E-state index >= 15 is 0 Å². The van der Waals surface area contributed by atoms with Gasteiger partial charge in [-0.05, 0) is 36.6 Å². The highest BCUT2D eigenvalue weighted by Gasteiger charge is 2.23. The zero-order chi connectivity index (χ0) is 20.2. The number of benzene rings is 2. The van der Waals surface area contributed by atoms with E-state index < -0.39 is 5.97 Å². The molecule has 0 unspecified atom stereocenters. The second kappa shape index (κ2) is 8.78. The van der Waals surface area contributed by atoms with Crippen molar-refractivity contribution >= 4 is 16.9 Å². The number of carbonyl (C=O) groups is 1. The second-order valence-corrected chi connectivity index (χ2v) is 7.93. The number of rotatable bonds is 6. The topological polar surface area (TPSA) is 54.3 Å². The third-order valence-corrected chi connectivity index (χ3v) is 5.93. The fraction of sp³-hybridized carbons (Fsp3) is 0.375. The van der Waals surface area contributed by atoms with Gasteiger partial charge in [0.15, 0.2) is 0 Å². The average Bonchev–Trinajstić information content (AvgIpc) is 2.84. The second-order valence-electron chi connectivity index (χ2n) is 7.93. The van der Waals surface area contributed by atoms with E-state index in [4.69, 9.17) is 0 Å². The third-order valence-electron chi connectivity index (χ3n) is 5.93. The molecular weight excluding hydrogens is 367 g/mol. The van der Waals surface area contributed by atoms with Gasteiger partial charge in [0.05, 0.1) is 0 Å². The van der Waals surface area contributed by atoms with E-state index in [1.54, 1.807) is 10.6 Å². The van der Waals surface area contributed by atoms with E-state index in [1.807, 2.05) is 30.3 Å². The Morgan fingerprint density at radius 3 is 2.55 bits per heavy atom. The lowest BCUT2D eigenvalue weighted by Crippen LogP contribution is -2.28. The molecule has 0 aliphatic heterocycles. The van der Waals surface area contributed by atoms with E-state index in [1.165, 1.54) is 37.8 Å².